The number of rotatable bonds is 6. The van der Waals surface area contributed by atoms with Crippen LogP contribution in [0.2, 0.25) is 0 Å². The summed E-state index contributed by atoms with van der Waals surface area (Å²) in [6.45, 7) is 4.33. The lowest BCUT2D eigenvalue weighted by Gasteiger charge is -2.35. The topological polar surface area (TPSA) is 12.5 Å². The molecule has 0 N–H and O–H groups in total. The van der Waals surface area contributed by atoms with Crippen molar-refractivity contribution in [2.45, 2.75) is 63.9 Å². The molecule has 2 fully saturated rings. The lowest BCUT2D eigenvalue weighted by atomic mass is 9.70. The summed E-state index contributed by atoms with van der Waals surface area (Å²) in [6.07, 6.45) is 14.7. The summed E-state index contributed by atoms with van der Waals surface area (Å²) in [7, 11) is 0. The predicted octanol–water partition coefficient (Wildman–Crippen LogP) is 6.99. The van der Waals surface area contributed by atoms with Gasteiger partial charge in [-0.05, 0) is 68.3 Å². The van der Waals surface area contributed by atoms with E-state index in [0.717, 1.165) is 43.1 Å². The van der Waals surface area contributed by atoms with Crippen LogP contribution >= 0.6 is 0 Å². The molecule has 1 aromatic carbocycles. The minimum atomic E-state index is -0.726. The number of hydrogen-bond donors (Lipinski definition) is 0. The Morgan fingerprint density at radius 3 is 2.44 bits per heavy atom. The maximum Gasteiger partial charge on any atom is 0.166 e. The Labute approximate surface area is 161 Å². The van der Waals surface area contributed by atoms with Gasteiger partial charge in [-0.2, -0.15) is 0 Å². The van der Waals surface area contributed by atoms with E-state index in [9.17, 15) is 8.78 Å². The van der Waals surface area contributed by atoms with E-state index in [0.29, 0.717) is 23.7 Å². The maximum absolute atomic E-state index is 14.6. The van der Waals surface area contributed by atoms with Gasteiger partial charge < -0.3 is 4.74 Å². The molecule has 1 nitrogen and oxygen atoms in total. The van der Waals surface area contributed by atoms with Crippen molar-refractivity contribution in [1.82, 2.24) is 0 Å². The van der Waals surface area contributed by atoms with Crippen LogP contribution in [0.5, 0.6) is 0 Å². The molecular formula is C24H30F2O. The van der Waals surface area contributed by atoms with Crippen molar-refractivity contribution in [3.63, 3.8) is 0 Å². The number of hydrogen-bond acceptors (Lipinski definition) is 1. The van der Waals surface area contributed by atoms with Crippen LogP contribution in [0.25, 0.3) is 5.57 Å². The molecule has 146 valence electrons. The average Bonchev–Trinajstić information content (AvgIpc) is 3.54. The average molecular weight is 372 g/mol. The van der Waals surface area contributed by atoms with Gasteiger partial charge in [0.05, 0.1) is 6.61 Å². The standard InChI is InChI=1S/C24H30F2O/c1-2-3-4-16-5-7-17(8-6-16)18-9-11-19(12-10-18)20-13-14-21(22-15-27-22)24(26)23(20)25/h2,11,13-14,16-18,22H,1,3-10,12,15H2. The fourth-order valence-corrected chi connectivity index (χ4v) is 5.12. The molecule has 3 heteroatoms. The third-order valence-corrected chi connectivity index (χ3v) is 6.93. The highest BCUT2D eigenvalue weighted by molar-refractivity contribution is 5.67. The third-order valence-electron chi connectivity index (χ3n) is 6.93. The van der Waals surface area contributed by atoms with Gasteiger partial charge >= 0.3 is 0 Å². The van der Waals surface area contributed by atoms with Crippen molar-refractivity contribution >= 4 is 5.57 Å². The second-order valence-electron chi connectivity index (χ2n) is 8.56. The van der Waals surface area contributed by atoms with Crippen molar-refractivity contribution in [1.29, 1.82) is 0 Å². The Morgan fingerprint density at radius 2 is 1.81 bits per heavy atom. The van der Waals surface area contributed by atoms with Gasteiger partial charge in [-0.15, -0.1) is 6.58 Å². The molecule has 2 aliphatic carbocycles. The first-order valence-electron chi connectivity index (χ1n) is 10.6. The summed E-state index contributed by atoms with van der Waals surface area (Å²) >= 11 is 0. The molecule has 27 heavy (non-hydrogen) atoms. The van der Waals surface area contributed by atoms with E-state index in [-0.39, 0.29) is 6.10 Å². The Morgan fingerprint density at radius 1 is 1.04 bits per heavy atom. The zero-order valence-electron chi connectivity index (χ0n) is 16.1. The van der Waals surface area contributed by atoms with Crippen LogP contribution in [0.4, 0.5) is 8.78 Å². The van der Waals surface area contributed by atoms with Crippen molar-refractivity contribution in [3.05, 3.63) is 53.6 Å². The SMILES string of the molecule is C=CCCC1CCC(C2CC=C(c3ccc(C4CO4)c(F)c3F)CC2)CC1. The molecule has 0 bridgehead atoms. The largest absolute Gasteiger partial charge is 0.368 e. The molecule has 1 saturated carbocycles. The Kier molecular flexibility index (Phi) is 5.77. The van der Waals surface area contributed by atoms with Crippen molar-refractivity contribution < 1.29 is 13.5 Å². The highest BCUT2D eigenvalue weighted by atomic mass is 19.2. The minimum Gasteiger partial charge on any atom is -0.368 e. The molecule has 1 saturated heterocycles. The predicted molar refractivity (Wildman–Crippen MR) is 105 cm³/mol. The zero-order chi connectivity index (χ0) is 18.8. The molecular weight excluding hydrogens is 342 g/mol. The maximum atomic E-state index is 14.6. The first-order valence-corrected chi connectivity index (χ1v) is 10.6. The Hall–Kier alpha value is -1.48. The van der Waals surface area contributed by atoms with Gasteiger partial charge in [0, 0.05) is 11.1 Å². The van der Waals surface area contributed by atoms with Crippen LogP contribution in [0, 0.1) is 29.4 Å². The molecule has 0 aromatic heterocycles. The van der Waals surface area contributed by atoms with E-state index >= 15 is 0 Å². The van der Waals surface area contributed by atoms with Gasteiger partial charge in [-0.25, -0.2) is 8.78 Å². The van der Waals surface area contributed by atoms with Gasteiger partial charge in [-0.1, -0.05) is 37.1 Å². The van der Waals surface area contributed by atoms with Gasteiger partial charge in [0.1, 0.15) is 6.10 Å². The van der Waals surface area contributed by atoms with Crippen molar-refractivity contribution in [3.8, 4) is 0 Å². The van der Waals surface area contributed by atoms with Crippen molar-refractivity contribution in [2.24, 2.45) is 17.8 Å². The Balaban J connectivity index is 1.36. The molecule has 1 aromatic rings. The van der Waals surface area contributed by atoms with Crippen molar-refractivity contribution in [2.75, 3.05) is 6.61 Å². The van der Waals surface area contributed by atoms with E-state index in [1.807, 2.05) is 6.08 Å². The quantitative estimate of drug-likeness (QED) is 0.387. The molecule has 1 aliphatic heterocycles. The first kappa shape index (κ1) is 18.9. The van der Waals surface area contributed by atoms with Crippen LogP contribution in [-0.4, -0.2) is 6.61 Å². The normalized spacial score (nSPS) is 30.7. The van der Waals surface area contributed by atoms with Crippen LogP contribution in [-0.2, 0) is 4.74 Å². The molecule has 0 spiro atoms. The summed E-state index contributed by atoms with van der Waals surface area (Å²) in [4.78, 5) is 0. The highest BCUT2D eigenvalue weighted by Gasteiger charge is 2.32. The monoisotopic (exact) mass is 372 g/mol. The summed E-state index contributed by atoms with van der Waals surface area (Å²) in [5.41, 5.74) is 1.79. The van der Waals surface area contributed by atoms with Crippen LogP contribution in [0.15, 0.2) is 30.9 Å². The summed E-state index contributed by atoms with van der Waals surface area (Å²) in [5.74, 6) is 0.964. The van der Waals surface area contributed by atoms with E-state index in [1.165, 1.54) is 32.1 Å². The van der Waals surface area contributed by atoms with Crippen LogP contribution in [0.1, 0.15) is 75.0 Å². The van der Waals surface area contributed by atoms with Gasteiger partial charge in [0.15, 0.2) is 11.6 Å². The van der Waals surface area contributed by atoms with Crippen LogP contribution in [0.3, 0.4) is 0 Å². The van der Waals surface area contributed by atoms with E-state index in [4.69, 9.17) is 4.74 Å². The summed E-state index contributed by atoms with van der Waals surface area (Å²) < 4.78 is 34.0. The molecule has 0 amide bonds. The zero-order valence-corrected chi connectivity index (χ0v) is 16.1. The van der Waals surface area contributed by atoms with Gasteiger partial charge in [-0.3, -0.25) is 0 Å². The van der Waals surface area contributed by atoms with Gasteiger partial charge in [0.2, 0.25) is 0 Å². The fourth-order valence-electron chi connectivity index (χ4n) is 5.12. The number of epoxide rings is 1. The number of allylic oxidation sites excluding steroid dienone is 3. The van der Waals surface area contributed by atoms with E-state index in [1.54, 1.807) is 12.1 Å². The molecule has 4 rings (SSSR count). The van der Waals surface area contributed by atoms with E-state index < -0.39 is 11.6 Å². The molecule has 2 atom stereocenters. The number of ether oxygens (including phenoxy) is 1. The second kappa shape index (κ2) is 8.26. The smallest absolute Gasteiger partial charge is 0.166 e. The van der Waals surface area contributed by atoms with Gasteiger partial charge in [0.25, 0.3) is 0 Å². The first-order chi connectivity index (χ1) is 13.2. The molecule has 0 radical (unpaired) electrons. The lowest BCUT2D eigenvalue weighted by molar-refractivity contribution is 0.190. The fraction of sp³-hybridized carbons (Fsp3) is 0.583. The third kappa shape index (κ3) is 4.18. The molecule has 2 unspecified atom stereocenters. The number of halogens is 2. The molecule has 3 aliphatic rings. The molecule has 1 heterocycles. The Bertz CT molecular complexity index is 711. The summed E-state index contributed by atoms with van der Waals surface area (Å²) in [6, 6.07) is 3.44. The second-order valence-corrected chi connectivity index (χ2v) is 8.56. The number of benzene rings is 1. The highest BCUT2D eigenvalue weighted by Crippen LogP contribution is 2.43. The lowest BCUT2D eigenvalue weighted by Crippen LogP contribution is -2.23. The summed E-state index contributed by atoms with van der Waals surface area (Å²) in [5, 5.41) is 0. The minimum absolute atomic E-state index is 0.250. The van der Waals surface area contributed by atoms with E-state index in [2.05, 4.69) is 12.7 Å². The van der Waals surface area contributed by atoms with Crippen LogP contribution < -0.4 is 0 Å².